The summed E-state index contributed by atoms with van der Waals surface area (Å²) in [6, 6.07) is 3.57. The second-order valence-electron chi connectivity index (χ2n) is 5.06. The normalized spacial score (nSPS) is 10.5. The largest absolute Gasteiger partial charge is 0.462 e. The molecule has 0 aromatic heterocycles. The summed E-state index contributed by atoms with van der Waals surface area (Å²) in [5.74, 6) is -0.261. The van der Waals surface area contributed by atoms with Crippen LogP contribution >= 0.6 is 0 Å². The predicted octanol–water partition coefficient (Wildman–Crippen LogP) is 4.01. The van der Waals surface area contributed by atoms with Crippen molar-refractivity contribution in [3.05, 3.63) is 28.8 Å². The molecule has 1 aromatic rings. The number of unbranched alkanes of at least 4 members (excludes halogenated alkanes) is 4. The van der Waals surface area contributed by atoms with Gasteiger partial charge in [0.05, 0.1) is 12.2 Å². The van der Waals surface area contributed by atoms with Gasteiger partial charge in [0.15, 0.2) is 0 Å². The summed E-state index contributed by atoms with van der Waals surface area (Å²) in [6.45, 7) is 6.56. The van der Waals surface area contributed by atoms with Crippen LogP contribution in [0.3, 0.4) is 0 Å². The second-order valence-corrected chi connectivity index (χ2v) is 5.06. The summed E-state index contributed by atoms with van der Waals surface area (Å²) in [5.41, 5.74) is 8.94. The number of anilines is 1. The maximum Gasteiger partial charge on any atom is 0.338 e. The van der Waals surface area contributed by atoms with E-state index >= 15 is 0 Å². The molecule has 3 nitrogen and oxygen atoms in total. The Morgan fingerprint density at radius 3 is 2.53 bits per heavy atom. The lowest BCUT2D eigenvalue weighted by Gasteiger charge is -2.10. The maximum atomic E-state index is 12.0. The first-order chi connectivity index (χ1) is 9.06. The van der Waals surface area contributed by atoms with E-state index in [2.05, 4.69) is 6.92 Å². The SMILES string of the molecule is CCCCCCCOC(=O)c1cc(N)cc(C)c1C. The third-order valence-corrected chi connectivity index (χ3v) is 3.39. The van der Waals surface area contributed by atoms with E-state index in [1.54, 1.807) is 6.07 Å². The second kappa shape index (κ2) is 7.82. The van der Waals surface area contributed by atoms with Crippen molar-refractivity contribution in [1.29, 1.82) is 0 Å². The number of nitrogen functional groups attached to an aromatic ring is 1. The fourth-order valence-electron chi connectivity index (χ4n) is 2.05. The average Bonchev–Trinajstić information content (AvgIpc) is 2.37. The molecule has 0 saturated carbocycles. The number of hydrogen-bond donors (Lipinski definition) is 1. The highest BCUT2D eigenvalue weighted by atomic mass is 16.5. The molecule has 19 heavy (non-hydrogen) atoms. The van der Waals surface area contributed by atoms with Gasteiger partial charge < -0.3 is 10.5 Å². The van der Waals surface area contributed by atoms with E-state index in [-0.39, 0.29) is 5.97 Å². The topological polar surface area (TPSA) is 52.3 Å². The third-order valence-electron chi connectivity index (χ3n) is 3.39. The molecule has 2 N–H and O–H groups in total. The molecule has 0 unspecified atom stereocenters. The Morgan fingerprint density at radius 1 is 1.16 bits per heavy atom. The Morgan fingerprint density at radius 2 is 1.84 bits per heavy atom. The van der Waals surface area contributed by atoms with E-state index in [4.69, 9.17) is 10.5 Å². The fraction of sp³-hybridized carbons (Fsp3) is 0.562. The van der Waals surface area contributed by atoms with Crippen molar-refractivity contribution >= 4 is 11.7 Å². The van der Waals surface area contributed by atoms with Crippen molar-refractivity contribution in [2.24, 2.45) is 0 Å². The van der Waals surface area contributed by atoms with Gasteiger partial charge in [0.1, 0.15) is 0 Å². The number of carbonyl (C=O) groups is 1. The Hall–Kier alpha value is -1.51. The van der Waals surface area contributed by atoms with E-state index in [9.17, 15) is 4.79 Å². The molecule has 0 aliphatic carbocycles. The highest BCUT2D eigenvalue weighted by Crippen LogP contribution is 2.18. The molecule has 0 aliphatic rings. The van der Waals surface area contributed by atoms with Crippen molar-refractivity contribution in [2.45, 2.75) is 52.9 Å². The molecule has 0 spiro atoms. The monoisotopic (exact) mass is 263 g/mol. The van der Waals surface area contributed by atoms with Crippen LogP contribution in [-0.4, -0.2) is 12.6 Å². The van der Waals surface area contributed by atoms with Crippen LogP contribution in [-0.2, 0) is 4.74 Å². The quantitative estimate of drug-likeness (QED) is 0.459. The van der Waals surface area contributed by atoms with Crippen molar-refractivity contribution in [1.82, 2.24) is 0 Å². The van der Waals surface area contributed by atoms with Gasteiger partial charge in [-0.05, 0) is 43.5 Å². The van der Waals surface area contributed by atoms with Gasteiger partial charge in [-0.25, -0.2) is 4.79 Å². The first-order valence-electron chi connectivity index (χ1n) is 7.10. The summed E-state index contributed by atoms with van der Waals surface area (Å²) in [7, 11) is 0. The molecular weight excluding hydrogens is 238 g/mol. The lowest BCUT2D eigenvalue weighted by atomic mass is 10.0. The van der Waals surface area contributed by atoms with Crippen LogP contribution < -0.4 is 5.73 Å². The zero-order valence-electron chi connectivity index (χ0n) is 12.3. The summed E-state index contributed by atoms with van der Waals surface area (Å²) in [4.78, 5) is 12.0. The van der Waals surface area contributed by atoms with Gasteiger partial charge in [0.2, 0.25) is 0 Å². The average molecular weight is 263 g/mol. The van der Waals surface area contributed by atoms with Crippen LogP contribution in [0.15, 0.2) is 12.1 Å². The molecule has 0 bridgehead atoms. The Kier molecular flexibility index (Phi) is 6.40. The number of hydrogen-bond acceptors (Lipinski definition) is 3. The summed E-state index contributed by atoms with van der Waals surface area (Å²) in [5, 5.41) is 0. The van der Waals surface area contributed by atoms with Crippen LogP contribution in [0.2, 0.25) is 0 Å². The Balaban J connectivity index is 2.46. The standard InChI is InChI=1S/C16H25NO2/c1-4-5-6-7-8-9-19-16(18)15-11-14(17)10-12(2)13(15)3/h10-11H,4-9,17H2,1-3H3. The molecular formula is C16H25NO2. The van der Waals surface area contributed by atoms with Crippen molar-refractivity contribution in [3.63, 3.8) is 0 Å². The first kappa shape index (κ1) is 15.5. The van der Waals surface area contributed by atoms with Crippen LogP contribution in [0.1, 0.15) is 60.5 Å². The minimum absolute atomic E-state index is 0.261. The van der Waals surface area contributed by atoms with Gasteiger partial charge in [0, 0.05) is 5.69 Å². The third kappa shape index (κ3) is 4.93. The molecule has 1 rings (SSSR count). The summed E-state index contributed by atoms with van der Waals surface area (Å²) < 4.78 is 5.30. The summed E-state index contributed by atoms with van der Waals surface area (Å²) in [6.07, 6.45) is 5.75. The summed E-state index contributed by atoms with van der Waals surface area (Å²) >= 11 is 0. The van der Waals surface area contributed by atoms with Gasteiger partial charge in [-0.2, -0.15) is 0 Å². The van der Waals surface area contributed by atoms with Gasteiger partial charge in [-0.1, -0.05) is 32.6 Å². The van der Waals surface area contributed by atoms with Crippen molar-refractivity contribution in [3.8, 4) is 0 Å². The molecule has 106 valence electrons. The minimum Gasteiger partial charge on any atom is -0.462 e. The highest BCUT2D eigenvalue weighted by Gasteiger charge is 2.12. The molecule has 1 aromatic carbocycles. The molecule has 0 radical (unpaired) electrons. The van der Waals surface area contributed by atoms with E-state index in [0.29, 0.717) is 17.9 Å². The number of aryl methyl sites for hydroxylation is 1. The van der Waals surface area contributed by atoms with Crippen molar-refractivity contribution in [2.75, 3.05) is 12.3 Å². The number of rotatable bonds is 7. The van der Waals surface area contributed by atoms with Crippen LogP contribution in [0, 0.1) is 13.8 Å². The molecule has 3 heteroatoms. The van der Waals surface area contributed by atoms with Gasteiger partial charge >= 0.3 is 5.97 Å². The molecule has 0 amide bonds. The minimum atomic E-state index is -0.261. The Labute approximate surface area is 116 Å². The Bertz CT molecular complexity index is 427. The van der Waals surface area contributed by atoms with Gasteiger partial charge in [0.25, 0.3) is 0 Å². The zero-order valence-corrected chi connectivity index (χ0v) is 12.3. The van der Waals surface area contributed by atoms with E-state index in [1.165, 1.54) is 19.3 Å². The molecule has 0 saturated heterocycles. The first-order valence-corrected chi connectivity index (χ1v) is 7.10. The number of esters is 1. The fourth-order valence-corrected chi connectivity index (χ4v) is 2.05. The number of ether oxygens (including phenoxy) is 1. The zero-order chi connectivity index (χ0) is 14.3. The van der Waals surface area contributed by atoms with E-state index in [1.807, 2.05) is 19.9 Å². The van der Waals surface area contributed by atoms with Crippen LogP contribution in [0.25, 0.3) is 0 Å². The van der Waals surface area contributed by atoms with Crippen molar-refractivity contribution < 1.29 is 9.53 Å². The number of nitrogens with two attached hydrogens (primary N) is 1. The lowest BCUT2D eigenvalue weighted by molar-refractivity contribution is 0.0497. The van der Waals surface area contributed by atoms with E-state index in [0.717, 1.165) is 24.0 Å². The lowest BCUT2D eigenvalue weighted by Crippen LogP contribution is -2.10. The number of carbonyl (C=O) groups excluding carboxylic acids is 1. The van der Waals surface area contributed by atoms with Gasteiger partial charge in [-0.15, -0.1) is 0 Å². The molecule has 0 heterocycles. The molecule has 0 atom stereocenters. The maximum absolute atomic E-state index is 12.0. The number of benzene rings is 1. The molecule has 0 aliphatic heterocycles. The predicted molar refractivity (Wildman–Crippen MR) is 79.4 cm³/mol. The molecule has 0 fully saturated rings. The van der Waals surface area contributed by atoms with E-state index < -0.39 is 0 Å². The van der Waals surface area contributed by atoms with Gasteiger partial charge in [-0.3, -0.25) is 0 Å². The van der Waals surface area contributed by atoms with Crippen LogP contribution in [0.4, 0.5) is 5.69 Å². The highest BCUT2D eigenvalue weighted by molar-refractivity contribution is 5.92. The smallest absolute Gasteiger partial charge is 0.338 e. The van der Waals surface area contributed by atoms with Crippen LogP contribution in [0.5, 0.6) is 0 Å².